The first-order valence-corrected chi connectivity index (χ1v) is 10.9. The van der Waals surface area contributed by atoms with Crippen LogP contribution >= 0.6 is 0 Å². The van der Waals surface area contributed by atoms with Crippen LogP contribution in [-0.2, 0) is 19.5 Å². The molecule has 0 bridgehead atoms. The van der Waals surface area contributed by atoms with Gasteiger partial charge in [-0.2, -0.15) is 0 Å². The Morgan fingerprint density at radius 1 is 1.20 bits per heavy atom. The van der Waals surface area contributed by atoms with E-state index in [2.05, 4.69) is 33.8 Å². The van der Waals surface area contributed by atoms with E-state index < -0.39 is 0 Å². The van der Waals surface area contributed by atoms with E-state index in [0.29, 0.717) is 37.1 Å². The van der Waals surface area contributed by atoms with Gasteiger partial charge in [-0.05, 0) is 42.0 Å². The molecule has 6 nitrogen and oxygen atoms in total. The third kappa shape index (κ3) is 3.56. The molecule has 1 fully saturated rings. The number of phenols is 1. The standard InChI is InChI=1S/C24H28N4O2/c1-16-5-4-11-28(13-16)24-25-21-15-27(12-10-19(21)23(30)26-24)14-20-18-7-3-2-6-17(18)8-9-22(20)29/h2-3,6-9,16,29H,4-5,10-15H2,1H3,(H,25,26,30)/t16-/m0/s1. The zero-order valence-electron chi connectivity index (χ0n) is 17.4. The Morgan fingerprint density at radius 2 is 2.07 bits per heavy atom. The van der Waals surface area contributed by atoms with E-state index in [1.165, 1.54) is 6.42 Å². The number of H-pyrrole nitrogens is 1. The van der Waals surface area contributed by atoms with Crippen molar-refractivity contribution in [3.63, 3.8) is 0 Å². The number of hydrogen-bond donors (Lipinski definition) is 2. The molecule has 0 radical (unpaired) electrons. The number of anilines is 1. The normalized spacial score (nSPS) is 19.8. The van der Waals surface area contributed by atoms with Crippen molar-refractivity contribution < 1.29 is 5.11 Å². The molecule has 5 rings (SSSR count). The molecule has 0 saturated carbocycles. The van der Waals surface area contributed by atoms with Gasteiger partial charge in [-0.15, -0.1) is 0 Å². The minimum absolute atomic E-state index is 0.000819. The average Bonchev–Trinajstić information content (AvgIpc) is 2.75. The van der Waals surface area contributed by atoms with Gasteiger partial charge in [0.05, 0.1) is 5.69 Å². The second-order valence-electron chi connectivity index (χ2n) is 8.75. The molecule has 2 aliphatic rings. The molecule has 3 aromatic rings. The number of fused-ring (bicyclic) bond motifs is 2. The average molecular weight is 405 g/mol. The van der Waals surface area contributed by atoms with Gasteiger partial charge in [0.15, 0.2) is 0 Å². The number of nitrogens with one attached hydrogen (secondary N) is 1. The highest BCUT2D eigenvalue weighted by Gasteiger charge is 2.25. The largest absolute Gasteiger partial charge is 0.508 e. The van der Waals surface area contributed by atoms with E-state index >= 15 is 0 Å². The highest BCUT2D eigenvalue weighted by Crippen LogP contribution is 2.30. The summed E-state index contributed by atoms with van der Waals surface area (Å²) in [7, 11) is 0. The Hall–Kier alpha value is -2.86. The van der Waals surface area contributed by atoms with Crippen molar-refractivity contribution >= 4 is 16.7 Å². The number of nitrogens with zero attached hydrogens (tertiary/aromatic N) is 3. The van der Waals surface area contributed by atoms with Crippen LogP contribution in [0.5, 0.6) is 5.75 Å². The van der Waals surface area contributed by atoms with Crippen LogP contribution in [0.15, 0.2) is 41.2 Å². The second-order valence-corrected chi connectivity index (χ2v) is 8.75. The molecular formula is C24H28N4O2. The Labute approximate surface area is 176 Å². The highest BCUT2D eigenvalue weighted by atomic mass is 16.3. The van der Waals surface area contributed by atoms with E-state index in [0.717, 1.165) is 53.6 Å². The van der Waals surface area contributed by atoms with Crippen LogP contribution in [-0.4, -0.2) is 39.6 Å². The summed E-state index contributed by atoms with van der Waals surface area (Å²) in [5, 5.41) is 12.7. The Bertz CT molecular complexity index is 1140. The monoisotopic (exact) mass is 404 g/mol. The van der Waals surface area contributed by atoms with Crippen LogP contribution in [0.2, 0.25) is 0 Å². The van der Waals surface area contributed by atoms with Gasteiger partial charge in [0.2, 0.25) is 5.95 Å². The zero-order chi connectivity index (χ0) is 20.7. The summed E-state index contributed by atoms with van der Waals surface area (Å²) in [6.45, 7) is 6.17. The van der Waals surface area contributed by atoms with Crippen molar-refractivity contribution in [2.45, 2.75) is 39.3 Å². The topological polar surface area (TPSA) is 72.5 Å². The van der Waals surface area contributed by atoms with Gasteiger partial charge in [0, 0.05) is 43.9 Å². The number of rotatable bonds is 3. The summed E-state index contributed by atoms with van der Waals surface area (Å²) >= 11 is 0. The minimum Gasteiger partial charge on any atom is -0.508 e. The van der Waals surface area contributed by atoms with Crippen LogP contribution in [0.3, 0.4) is 0 Å². The fraction of sp³-hybridized carbons (Fsp3) is 0.417. The summed E-state index contributed by atoms with van der Waals surface area (Å²) < 4.78 is 0. The van der Waals surface area contributed by atoms with Gasteiger partial charge in [-0.25, -0.2) is 4.98 Å². The molecule has 1 aromatic heterocycles. The third-order valence-electron chi connectivity index (χ3n) is 6.49. The first-order chi connectivity index (χ1) is 14.6. The third-order valence-corrected chi connectivity index (χ3v) is 6.49. The molecule has 1 atom stereocenters. The lowest BCUT2D eigenvalue weighted by molar-refractivity contribution is 0.238. The predicted molar refractivity (Wildman–Crippen MR) is 119 cm³/mol. The van der Waals surface area contributed by atoms with Crippen molar-refractivity contribution in [3.8, 4) is 5.75 Å². The molecule has 3 heterocycles. The SMILES string of the molecule is C[C@H]1CCCN(c2nc3c(c(=O)[nH]2)CCN(Cc2c(O)ccc4ccccc24)C3)C1. The van der Waals surface area contributed by atoms with E-state index in [1.807, 2.05) is 18.2 Å². The predicted octanol–water partition coefficient (Wildman–Crippen LogP) is 3.42. The quantitative estimate of drug-likeness (QED) is 0.700. The lowest BCUT2D eigenvalue weighted by Crippen LogP contribution is -2.39. The molecule has 2 N–H and O–H groups in total. The maximum atomic E-state index is 12.7. The van der Waals surface area contributed by atoms with Crippen molar-refractivity contribution in [2.24, 2.45) is 5.92 Å². The van der Waals surface area contributed by atoms with Gasteiger partial charge in [0.25, 0.3) is 5.56 Å². The summed E-state index contributed by atoms with van der Waals surface area (Å²) in [6, 6.07) is 11.9. The first-order valence-electron chi connectivity index (χ1n) is 10.9. The van der Waals surface area contributed by atoms with Gasteiger partial charge in [-0.1, -0.05) is 37.3 Å². The Kier molecular flexibility index (Phi) is 4.95. The van der Waals surface area contributed by atoms with Gasteiger partial charge >= 0.3 is 0 Å². The molecular weight excluding hydrogens is 376 g/mol. The Morgan fingerprint density at radius 3 is 2.93 bits per heavy atom. The van der Waals surface area contributed by atoms with E-state index in [9.17, 15) is 9.90 Å². The smallest absolute Gasteiger partial charge is 0.255 e. The molecule has 156 valence electrons. The molecule has 30 heavy (non-hydrogen) atoms. The molecule has 2 aliphatic heterocycles. The summed E-state index contributed by atoms with van der Waals surface area (Å²) in [5.74, 6) is 1.65. The van der Waals surface area contributed by atoms with Crippen LogP contribution in [0.1, 0.15) is 36.6 Å². The van der Waals surface area contributed by atoms with E-state index in [-0.39, 0.29) is 5.56 Å². The fourth-order valence-corrected chi connectivity index (χ4v) is 4.86. The number of aromatic hydroxyl groups is 1. The lowest BCUT2D eigenvalue weighted by Gasteiger charge is -2.33. The maximum Gasteiger partial charge on any atom is 0.255 e. The summed E-state index contributed by atoms with van der Waals surface area (Å²) in [5.41, 5.74) is 2.62. The summed E-state index contributed by atoms with van der Waals surface area (Å²) in [4.78, 5) is 25.1. The molecule has 1 saturated heterocycles. The number of aromatic nitrogens is 2. The fourth-order valence-electron chi connectivity index (χ4n) is 4.86. The molecule has 6 heteroatoms. The zero-order valence-corrected chi connectivity index (χ0v) is 17.4. The number of aromatic amines is 1. The minimum atomic E-state index is 0.000819. The number of piperidine rings is 1. The number of benzene rings is 2. The second kappa shape index (κ2) is 7.76. The highest BCUT2D eigenvalue weighted by molar-refractivity contribution is 5.87. The van der Waals surface area contributed by atoms with Gasteiger partial charge in [0.1, 0.15) is 5.75 Å². The number of phenolic OH excluding ortho intramolecular Hbond substituents is 1. The van der Waals surface area contributed by atoms with Crippen molar-refractivity contribution in [3.05, 3.63) is 63.6 Å². The van der Waals surface area contributed by atoms with Crippen molar-refractivity contribution in [1.29, 1.82) is 0 Å². The van der Waals surface area contributed by atoms with E-state index in [1.54, 1.807) is 6.07 Å². The van der Waals surface area contributed by atoms with Crippen LogP contribution in [0.4, 0.5) is 5.95 Å². The van der Waals surface area contributed by atoms with Gasteiger partial charge < -0.3 is 10.0 Å². The Balaban J connectivity index is 1.42. The number of hydrogen-bond acceptors (Lipinski definition) is 5. The maximum absolute atomic E-state index is 12.7. The summed E-state index contributed by atoms with van der Waals surface area (Å²) in [6.07, 6.45) is 3.04. The van der Waals surface area contributed by atoms with Crippen molar-refractivity contribution in [2.75, 3.05) is 24.5 Å². The lowest BCUT2D eigenvalue weighted by atomic mass is 10.0. The van der Waals surface area contributed by atoms with Crippen LogP contribution in [0, 0.1) is 5.92 Å². The van der Waals surface area contributed by atoms with E-state index in [4.69, 9.17) is 4.98 Å². The molecule has 0 spiro atoms. The molecule has 2 aromatic carbocycles. The van der Waals surface area contributed by atoms with Gasteiger partial charge in [-0.3, -0.25) is 14.7 Å². The van der Waals surface area contributed by atoms with Crippen LogP contribution in [0.25, 0.3) is 10.8 Å². The first kappa shape index (κ1) is 19.1. The molecule has 0 aliphatic carbocycles. The van der Waals surface area contributed by atoms with Crippen LogP contribution < -0.4 is 10.5 Å². The molecule has 0 unspecified atom stereocenters. The van der Waals surface area contributed by atoms with Crippen molar-refractivity contribution in [1.82, 2.24) is 14.9 Å². The molecule has 0 amide bonds.